The van der Waals surface area contributed by atoms with Gasteiger partial charge >= 0.3 is 0 Å². The number of fused-ring (bicyclic) bond motifs is 1. The first kappa shape index (κ1) is 14.9. The minimum Gasteiger partial charge on any atom is -0.497 e. The van der Waals surface area contributed by atoms with E-state index in [0.29, 0.717) is 0 Å². The van der Waals surface area contributed by atoms with Crippen molar-refractivity contribution < 1.29 is 4.74 Å². The molecule has 0 aliphatic carbocycles. The minimum atomic E-state index is 0. The van der Waals surface area contributed by atoms with E-state index < -0.39 is 0 Å². The number of benzene rings is 1. The van der Waals surface area contributed by atoms with Gasteiger partial charge < -0.3 is 15.0 Å². The van der Waals surface area contributed by atoms with Crippen LogP contribution < -0.4 is 15.0 Å². The van der Waals surface area contributed by atoms with Gasteiger partial charge in [0, 0.05) is 37.6 Å². The first-order valence-electron chi connectivity index (χ1n) is 6.69. The Kier molecular flexibility index (Phi) is 4.68. The van der Waals surface area contributed by atoms with Crippen LogP contribution in [0, 0.1) is 6.92 Å². The molecule has 5 heteroatoms. The van der Waals surface area contributed by atoms with Gasteiger partial charge in [0.1, 0.15) is 11.6 Å². The summed E-state index contributed by atoms with van der Waals surface area (Å²) in [6, 6.07) is 8.25. The van der Waals surface area contributed by atoms with Gasteiger partial charge in [0.25, 0.3) is 0 Å². The van der Waals surface area contributed by atoms with Crippen LogP contribution >= 0.6 is 12.4 Å². The molecule has 0 atom stereocenters. The highest BCUT2D eigenvalue weighted by Crippen LogP contribution is 2.26. The zero-order valence-electron chi connectivity index (χ0n) is 11.8. The van der Waals surface area contributed by atoms with E-state index in [0.717, 1.165) is 48.6 Å². The molecular formula is C15H20ClN3O. The number of aryl methyl sites for hydroxylation is 1. The average molecular weight is 294 g/mol. The molecule has 0 unspecified atom stereocenters. The van der Waals surface area contributed by atoms with Crippen LogP contribution in [0.1, 0.15) is 5.56 Å². The zero-order valence-corrected chi connectivity index (χ0v) is 12.7. The summed E-state index contributed by atoms with van der Waals surface area (Å²) in [6.45, 7) is 6.22. The van der Waals surface area contributed by atoms with Gasteiger partial charge in [0.15, 0.2) is 0 Å². The van der Waals surface area contributed by atoms with E-state index in [1.54, 1.807) is 7.11 Å². The maximum Gasteiger partial charge on any atom is 0.132 e. The van der Waals surface area contributed by atoms with Gasteiger partial charge in [-0.15, -0.1) is 12.4 Å². The molecule has 1 fully saturated rings. The Morgan fingerprint density at radius 1 is 1.20 bits per heavy atom. The molecule has 1 saturated heterocycles. The number of pyridine rings is 1. The number of rotatable bonds is 2. The van der Waals surface area contributed by atoms with Crippen molar-refractivity contribution in [2.24, 2.45) is 0 Å². The lowest BCUT2D eigenvalue weighted by Gasteiger charge is -2.29. The van der Waals surface area contributed by atoms with E-state index in [1.807, 2.05) is 12.1 Å². The van der Waals surface area contributed by atoms with Crippen molar-refractivity contribution in [1.82, 2.24) is 10.3 Å². The Hall–Kier alpha value is -1.52. The van der Waals surface area contributed by atoms with Crippen molar-refractivity contribution in [3.05, 3.63) is 29.8 Å². The number of nitrogens with one attached hydrogen (secondary N) is 1. The van der Waals surface area contributed by atoms with Crippen LogP contribution in [0.25, 0.3) is 10.9 Å². The number of anilines is 1. The van der Waals surface area contributed by atoms with E-state index in [2.05, 4.69) is 29.3 Å². The summed E-state index contributed by atoms with van der Waals surface area (Å²) in [6.07, 6.45) is 0. The highest BCUT2D eigenvalue weighted by atomic mass is 35.5. The maximum absolute atomic E-state index is 5.27. The number of aromatic nitrogens is 1. The molecular weight excluding hydrogens is 274 g/mol. The van der Waals surface area contributed by atoms with Crippen LogP contribution in [0.2, 0.25) is 0 Å². The molecule has 1 aliphatic heterocycles. The molecule has 1 aliphatic rings. The normalized spacial score (nSPS) is 15.0. The molecule has 0 spiro atoms. The second-order valence-electron chi connectivity index (χ2n) is 4.92. The Labute approximate surface area is 125 Å². The van der Waals surface area contributed by atoms with Crippen LogP contribution in [0.5, 0.6) is 5.75 Å². The molecule has 0 amide bonds. The number of hydrogen-bond acceptors (Lipinski definition) is 4. The van der Waals surface area contributed by atoms with E-state index in [-0.39, 0.29) is 12.4 Å². The largest absolute Gasteiger partial charge is 0.497 e. The van der Waals surface area contributed by atoms with Crippen molar-refractivity contribution in [3.8, 4) is 5.75 Å². The lowest BCUT2D eigenvalue weighted by molar-refractivity contribution is 0.415. The van der Waals surface area contributed by atoms with Crippen LogP contribution in [0.15, 0.2) is 24.3 Å². The number of halogens is 1. The summed E-state index contributed by atoms with van der Waals surface area (Å²) in [7, 11) is 1.69. The van der Waals surface area contributed by atoms with Crippen molar-refractivity contribution in [2.75, 3.05) is 38.2 Å². The summed E-state index contributed by atoms with van der Waals surface area (Å²) in [5, 5.41) is 4.53. The predicted octanol–water partition coefficient (Wildman–Crippen LogP) is 2.38. The monoisotopic (exact) mass is 293 g/mol. The van der Waals surface area contributed by atoms with E-state index in [1.165, 1.54) is 5.56 Å². The summed E-state index contributed by atoms with van der Waals surface area (Å²) >= 11 is 0. The molecule has 108 valence electrons. The third-order valence-corrected chi connectivity index (χ3v) is 3.61. The van der Waals surface area contributed by atoms with Gasteiger partial charge in [0.05, 0.1) is 12.6 Å². The van der Waals surface area contributed by atoms with E-state index >= 15 is 0 Å². The Morgan fingerprint density at radius 3 is 2.65 bits per heavy atom. The number of nitrogens with zero attached hydrogens (tertiary/aromatic N) is 2. The van der Waals surface area contributed by atoms with Gasteiger partial charge in [-0.2, -0.15) is 0 Å². The third kappa shape index (κ3) is 2.81. The quantitative estimate of drug-likeness (QED) is 0.922. The SMILES string of the molecule is COc1ccc2cc(C)c(N3CCNCC3)nc2c1.Cl. The number of piperazine rings is 1. The highest BCUT2D eigenvalue weighted by Gasteiger charge is 2.14. The molecule has 0 saturated carbocycles. The fraction of sp³-hybridized carbons (Fsp3) is 0.400. The molecule has 2 heterocycles. The first-order valence-corrected chi connectivity index (χ1v) is 6.69. The Balaban J connectivity index is 0.00000147. The van der Waals surface area contributed by atoms with E-state index in [9.17, 15) is 0 Å². The molecule has 1 aromatic carbocycles. The molecule has 2 aromatic rings. The van der Waals surface area contributed by atoms with Crippen LogP contribution in [-0.2, 0) is 0 Å². The van der Waals surface area contributed by atoms with Crippen LogP contribution in [0.4, 0.5) is 5.82 Å². The molecule has 3 rings (SSSR count). The fourth-order valence-corrected chi connectivity index (χ4v) is 2.57. The maximum atomic E-state index is 5.27. The van der Waals surface area contributed by atoms with Gasteiger partial charge in [-0.3, -0.25) is 0 Å². The van der Waals surface area contributed by atoms with Crippen LogP contribution in [-0.4, -0.2) is 38.3 Å². The molecule has 0 bridgehead atoms. The van der Waals surface area contributed by atoms with Gasteiger partial charge in [-0.25, -0.2) is 4.98 Å². The fourth-order valence-electron chi connectivity index (χ4n) is 2.57. The summed E-state index contributed by atoms with van der Waals surface area (Å²) in [5.74, 6) is 1.96. The topological polar surface area (TPSA) is 37.4 Å². The van der Waals surface area contributed by atoms with Gasteiger partial charge in [0.2, 0.25) is 0 Å². The van der Waals surface area contributed by atoms with Gasteiger partial charge in [-0.05, 0) is 30.7 Å². The standard InChI is InChI=1S/C15H19N3O.ClH/c1-11-9-12-3-4-13(19-2)10-14(12)17-15(11)18-7-5-16-6-8-18;/h3-4,9-10,16H,5-8H2,1-2H3;1H. The van der Waals surface area contributed by atoms with Crippen molar-refractivity contribution in [1.29, 1.82) is 0 Å². The molecule has 1 N–H and O–H groups in total. The van der Waals surface area contributed by atoms with E-state index in [4.69, 9.17) is 9.72 Å². The van der Waals surface area contributed by atoms with Gasteiger partial charge in [-0.1, -0.05) is 0 Å². The van der Waals surface area contributed by atoms with Crippen LogP contribution in [0.3, 0.4) is 0 Å². The molecule has 4 nitrogen and oxygen atoms in total. The summed E-state index contributed by atoms with van der Waals surface area (Å²) < 4.78 is 5.27. The average Bonchev–Trinajstić information content (AvgIpc) is 2.47. The Bertz CT molecular complexity index is 597. The molecule has 1 aromatic heterocycles. The third-order valence-electron chi connectivity index (χ3n) is 3.61. The number of methoxy groups -OCH3 is 1. The zero-order chi connectivity index (χ0) is 13.2. The van der Waals surface area contributed by atoms with Crippen molar-refractivity contribution >= 4 is 29.1 Å². The molecule has 20 heavy (non-hydrogen) atoms. The lowest BCUT2D eigenvalue weighted by Crippen LogP contribution is -2.44. The second-order valence-corrected chi connectivity index (χ2v) is 4.92. The van der Waals surface area contributed by atoms with Crippen molar-refractivity contribution in [3.63, 3.8) is 0 Å². The Morgan fingerprint density at radius 2 is 1.95 bits per heavy atom. The number of ether oxygens (including phenoxy) is 1. The first-order chi connectivity index (χ1) is 9.28. The summed E-state index contributed by atoms with van der Waals surface area (Å²) in [5.41, 5.74) is 2.23. The highest BCUT2D eigenvalue weighted by molar-refractivity contribution is 5.85. The predicted molar refractivity (Wildman–Crippen MR) is 85.4 cm³/mol. The summed E-state index contributed by atoms with van der Waals surface area (Å²) in [4.78, 5) is 7.18. The minimum absolute atomic E-state index is 0. The van der Waals surface area contributed by atoms with Crippen molar-refractivity contribution in [2.45, 2.75) is 6.92 Å². The lowest BCUT2D eigenvalue weighted by atomic mass is 10.1. The second kappa shape index (κ2) is 6.29. The smallest absolute Gasteiger partial charge is 0.132 e. The molecule has 0 radical (unpaired) electrons. The number of hydrogen-bond donors (Lipinski definition) is 1.